The fourth-order valence-corrected chi connectivity index (χ4v) is 4.43. The Hall–Kier alpha value is -1.41. The first-order valence-corrected chi connectivity index (χ1v) is 9.59. The third kappa shape index (κ3) is 3.64. The zero-order valence-electron chi connectivity index (χ0n) is 13.7. The molecule has 2 heterocycles. The van der Waals surface area contributed by atoms with Crippen LogP contribution >= 0.6 is 11.6 Å². The third-order valence-electron chi connectivity index (χ3n) is 4.17. The minimum Gasteiger partial charge on any atom is -0.361 e. The van der Waals surface area contributed by atoms with Crippen molar-refractivity contribution >= 4 is 21.6 Å². The highest BCUT2D eigenvalue weighted by molar-refractivity contribution is 7.89. The van der Waals surface area contributed by atoms with Crippen LogP contribution < -0.4 is 0 Å². The van der Waals surface area contributed by atoms with Crippen molar-refractivity contribution in [2.24, 2.45) is 0 Å². The molecule has 1 aliphatic rings. The van der Waals surface area contributed by atoms with Crippen LogP contribution in [0.15, 0.2) is 33.7 Å². The maximum Gasteiger partial charge on any atom is 0.243 e. The third-order valence-corrected chi connectivity index (χ3v) is 6.48. The molecule has 0 amide bonds. The number of piperazine rings is 1. The van der Waals surface area contributed by atoms with Crippen LogP contribution in [0, 0.1) is 13.8 Å². The van der Waals surface area contributed by atoms with Crippen molar-refractivity contribution < 1.29 is 12.9 Å². The van der Waals surface area contributed by atoms with Crippen LogP contribution in [0.1, 0.15) is 17.0 Å². The van der Waals surface area contributed by atoms with Gasteiger partial charge in [-0.2, -0.15) is 4.31 Å². The molecule has 1 aliphatic heterocycles. The number of hydrogen-bond acceptors (Lipinski definition) is 5. The summed E-state index contributed by atoms with van der Waals surface area (Å²) in [6.07, 6.45) is 0. The molecule has 8 heteroatoms. The summed E-state index contributed by atoms with van der Waals surface area (Å²) in [5.41, 5.74) is 1.73. The molecule has 0 saturated carbocycles. The maximum atomic E-state index is 12.7. The lowest BCUT2D eigenvalue weighted by molar-refractivity contribution is 0.177. The Balaban J connectivity index is 1.65. The molecule has 2 aromatic rings. The van der Waals surface area contributed by atoms with E-state index in [0.29, 0.717) is 37.7 Å². The lowest BCUT2D eigenvalue weighted by atomic mass is 10.2. The van der Waals surface area contributed by atoms with Crippen molar-refractivity contribution in [3.63, 3.8) is 0 Å². The van der Waals surface area contributed by atoms with Gasteiger partial charge >= 0.3 is 0 Å². The number of aromatic nitrogens is 1. The zero-order chi connectivity index (χ0) is 17.3. The molecule has 0 N–H and O–H groups in total. The number of halogens is 1. The van der Waals surface area contributed by atoms with E-state index in [2.05, 4.69) is 10.1 Å². The normalized spacial score (nSPS) is 17.3. The molecule has 1 saturated heterocycles. The SMILES string of the molecule is Cc1cc(CN2CCN(S(=O)(=O)c3ccc(C)c(Cl)c3)CC2)no1. The summed E-state index contributed by atoms with van der Waals surface area (Å²) in [5.74, 6) is 0.780. The lowest BCUT2D eigenvalue weighted by Crippen LogP contribution is -2.48. The number of aryl methyl sites for hydroxylation is 2. The molecular weight excluding hydrogens is 350 g/mol. The summed E-state index contributed by atoms with van der Waals surface area (Å²) in [5, 5.41) is 4.45. The summed E-state index contributed by atoms with van der Waals surface area (Å²) < 4.78 is 32.1. The number of nitrogens with zero attached hydrogens (tertiary/aromatic N) is 3. The molecule has 130 valence electrons. The number of hydrogen-bond donors (Lipinski definition) is 0. The van der Waals surface area contributed by atoms with Crippen molar-refractivity contribution in [1.82, 2.24) is 14.4 Å². The van der Waals surface area contributed by atoms with Gasteiger partial charge in [-0.15, -0.1) is 0 Å². The molecule has 24 heavy (non-hydrogen) atoms. The van der Waals surface area contributed by atoms with Crippen molar-refractivity contribution in [1.29, 1.82) is 0 Å². The minimum absolute atomic E-state index is 0.249. The van der Waals surface area contributed by atoms with Crippen LogP contribution in [-0.2, 0) is 16.6 Å². The molecule has 3 rings (SSSR count). The van der Waals surface area contributed by atoms with E-state index >= 15 is 0 Å². The van der Waals surface area contributed by atoms with Crippen LogP contribution in [0.25, 0.3) is 0 Å². The highest BCUT2D eigenvalue weighted by atomic mass is 35.5. The van der Waals surface area contributed by atoms with E-state index < -0.39 is 10.0 Å². The highest BCUT2D eigenvalue weighted by Crippen LogP contribution is 2.23. The van der Waals surface area contributed by atoms with Crippen molar-refractivity contribution in [2.45, 2.75) is 25.3 Å². The second-order valence-electron chi connectivity index (χ2n) is 6.02. The van der Waals surface area contributed by atoms with Gasteiger partial charge < -0.3 is 4.52 Å². The van der Waals surface area contributed by atoms with Gasteiger partial charge in [0.1, 0.15) is 5.76 Å². The first-order valence-electron chi connectivity index (χ1n) is 7.77. The van der Waals surface area contributed by atoms with E-state index in [9.17, 15) is 8.42 Å². The average molecular weight is 370 g/mol. The second kappa shape index (κ2) is 6.84. The van der Waals surface area contributed by atoms with Gasteiger partial charge in [0.15, 0.2) is 0 Å². The Morgan fingerprint density at radius 3 is 2.46 bits per heavy atom. The molecule has 1 aromatic carbocycles. The molecule has 0 atom stereocenters. The second-order valence-corrected chi connectivity index (χ2v) is 8.37. The molecule has 0 unspecified atom stereocenters. The molecule has 0 radical (unpaired) electrons. The quantitative estimate of drug-likeness (QED) is 0.828. The van der Waals surface area contributed by atoms with Crippen molar-refractivity contribution in [3.05, 3.63) is 46.3 Å². The van der Waals surface area contributed by atoms with Gasteiger partial charge in [-0.05, 0) is 31.5 Å². The van der Waals surface area contributed by atoms with Gasteiger partial charge in [0.05, 0.1) is 10.6 Å². The van der Waals surface area contributed by atoms with Crippen LogP contribution in [0.4, 0.5) is 0 Å². The predicted octanol–water partition coefficient (Wildman–Crippen LogP) is 2.45. The number of benzene rings is 1. The number of sulfonamides is 1. The fraction of sp³-hybridized carbons (Fsp3) is 0.438. The lowest BCUT2D eigenvalue weighted by Gasteiger charge is -2.33. The van der Waals surface area contributed by atoms with Crippen molar-refractivity contribution in [3.8, 4) is 0 Å². The van der Waals surface area contributed by atoms with Crippen molar-refractivity contribution in [2.75, 3.05) is 26.2 Å². The minimum atomic E-state index is -3.51. The summed E-state index contributed by atoms with van der Waals surface area (Å²) in [6, 6.07) is 6.77. The molecule has 1 aromatic heterocycles. The van der Waals surface area contributed by atoms with Gasteiger partial charge in [0.2, 0.25) is 10.0 Å². The largest absolute Gasteiger partial charge is 0.361 e. The zero-order valence-corrected chi connectivity index (χ0v) is 15.3. The summed E-state index contributed by atoms with van der Waals surface area (Å²) in [6.45, 7) is 6.59. The van der Waals surface area contributed by atoms with Gasteiger partial charge in [0.25, 0.3) is 0 Å². The standard InChI is InChI=1S/C16H20ClN3O3S/c1-12-3-4-15(10-16(12)17)24(21,22)20-7-5-19(6-8-20)11-14-9-13(2)23-18-14/h3-4,9-10H,5-8,11H2,1-2H3. The molecule has 0 spiro atoms. The first kappa shape index (κ1) is 17.4. The Bertz CT molecular complexity index is 827. The highest BCUT2D eigenvalue weighted by Gasteiger charge is 2.29. The maximum absolute atomic E-state index is 12.7. The molecular formula is C16H20ClN3O3S. The predicted molar refractivity (Wildman–Crippen MR) is 91.5 cm³/mol. The van der Waals surface area contributed by atoms with Crippen LogP contribution in [0.3, 0.4) is 0 Å². The molecule has 1 fully saturated rings. The Morgan fingerprint density at radius 2 is 1.88 bits per heavy atom. The van der Waals surface area contributed by atoms with Crippen LogP contribution in [0.2, 0.25) is 5.02 Å². The van der Waals surface area contributed by atoms with Gasteiger partial charge in [-0.25, -0.2) is 8.42 Å². The van der Waals surface area contributed by atoms with Gasteiger partial charge in [-0.3, -0.25) is 4.90 Å². The first-order chi connectivity index (χ1) is 11.4. The molecule has 0 aliphatic carbocycles. The fourth-order valence-electron chi connectivity index (χ4n) is 2.73. The monoisotopic (exact) mass is 369 g/mol. The van der Waals surface area contributed by atoms with E-state index in [1.54, 1.807) is 12.1 Å². The Labute approximate surface area is 147 Å². The van der Waals surface area contributed by atoms with Crippen LogP contribution in [0.5, 0.6) is 0 Å². The molecule has 0 bridgehead atoms. The Morgan fingerprint density at radius 1 is 1.17 bits per heavy atom. The summed E-state index contributed by atoms with van der Waals surface area (Å²) >= 11 is 6.07. The summed E-state index contributed by atoms with van der Waals surface area (Å²) in [4.78, 5) is 2.42. The summed E-state index contributed by atoms with van der Waals surface area (Å²) in [7, 11) is -3.51. The topological polar surface area (TPSA) is 66.7 Å². The number of rotatable bonds is 4. The van der Waals surface area contributed by atoms with E-state index in [1.165, 1.54) is 10.4 Å². The smallest absolute Gasteiger partial charge is 0.243 e. The van der Waals surface area contributed by atoms with E-state index in [1.807, 2.05) is 19.9 Å². The van der Waals surface area contributed by atoms with Gasteiger partial charge in [-0.1, -0.05) is 22.8 Å². The average Bonchev–Trinajstić information content (AvgIpc) is 2.95. The van der Waals surface area contributed by atoms with E-state index in [-0.39, 0.29) is 4.90 Å². The van der Waals surface area contributed by atoms with Gasteiger partial charge in [0, 0.05) is 43.8 Å². The van der Waals surface area contributed by atoms with E-state index in [4.69, 9.17) is 16.1 Å². The molecule has 6 nitrogen and oxygen atoms in total. The van der Waals surface area contributed by atoms with Crippen LogP contribution in [-0.4, -0.2) is 49.0 Å². The van der Waals surface area contributed by atoms with E-state index in [0.717, 1.165) is 17.0 Å². The Kier molecular flexibility index (Phi) is 4.96.